The summed E-state index contributed by atoms with van der Waals surface area (Å²) in [6, 6.07) is 21.5. The number of rotatable bonds is 8. The Bertz CT molecular complexity index is 1320. The molecule has 0 aromatic heterocycles. The summed E-state index contributed by atoms with van der Waals surface area (Å²) in [5.41, 5.74) is 2.09. The van der Waals surface area contributed by atoms with Crippen molar-refractivity contribution in [3.05, 3.63) is 89.5 Å². The molecule has 0 aliphatic heterocycles. The fourth-order valence-corrected chi connectivity index (χ4v) is 4.31. The van der Waals surface area contributed by atoms with Crippen LogP contribution in [0.5, 0.6) is 0 Å². The molecule has 0 atom stereocenters. The number of nitrogens with one attached hydrogen (secondary N) is 1. The van der Waals surface area contributed by atoms with Crippen LogP contribution in [-0.2, 0) is 25.3 Å². The molecule has 0 aliphatic carbocycles. The number of carbonyl (C=O) groups excluding carboxylic acids is 2. The Kier molecular flexibility index (Phi) is 7.84. The van der Waals surface area contributed by atoms with Crippen molar-refractivity contribution in [3.8, 4) is 6.07 Å². The van der Waals surface area contributed by atoms with Crippen LogP contribution in [0.2, 0.25) is 0 Å². The molecule has 168 valence electrons. The number of sulfonamides is 1. The number of esters is 1. The average molecular weight is 482 g/mol. The Morgan fingerprint density at radius 1 is 1.03 bits per heavy atom. The number of carbonyl (C=O) groups is 2. The third-order valence-electron chi connectivity index (χ3n) is 4.37. The van der Waals surface area contributed by atoms with Crippen molar-refractivity contribution in [2.75, 3.05) is 11.9 Å². The zero-order valence-electron chi connectivity index (χ0n) is 17.2. The molecule has 33 heavy (non-hydrogen) atoms. The Morgan fingerprint density at radius 2 is 1.76 bits per heavy atom. The summed E-state index contributed by atoms with van der Waals surface area (Å²) >= 11 is 1.43. The average Bonchev–Trinajstić information content (AvgIpc) is 2.81. The highest BCUT2D eigenvalue weighted by atomic mass is 32.2. The van der Waals surface area contributed by atoms with Gasteiger partial charge in [-0.05, 0) is 48.0 Å². The van der Waals surface area contributed by atoms with Gasteiger partial charge < -0.3 is 10.1 Å². The van der Waals surface area contributed by atoms with E-state index in [4.69, 9.17) is 15.1 Å². The number of anilines is 1. The molecule has 0 radical (unpaired) electrons. The maximum Gasteiger partial charge on any atom is 0.339 e. The second-order valence-corrected chi connectivity index (χ2v) is 9.37. The van der Waals surface area contributed by atoms with E-state index in [9.17, 15) is 18.0 Å². The summed E-state index contributed by atoms with van der Waals surface area (Å²) in [6.45, 7) is -0.549. The first kappa shape index (κ1) is 24.0. The zero-order valence-corrected chi connectivity index (χ0v) is 18.9. The van der Waals surface area contributed by atoms with Crippen LogP contribution in [0, 0.1) is 11.3 Å². The minimum Gasteiger partial charge on any atom is -0.452 e. The summed E-state index contributed by atoms with van der Waals surface area (Å²) in [5.74, 6) is -0.708. The number of ether oxygens (including phenoxy) is 1. The van der Waals surface area contributed by atoms with E-state index in [1.165, 1.54) is 36.0 Å². The lowest BCUT2D eigenvalue weighted by Crippen LogP contribution is -2.21. The summed E-state index contributed by atoms with van der Waals surface area (Å²) in [6.07, 6.45) is 0. The largest absolute Gasteiger partial charge is 0.452 e. The lowest BCUT2D eigenvalue weighted by Gasteiger charge is -2.10. The molecule has 8 nitrogen and oxygen atoms in total. The van der Waals surface area contributed by atoms with Gasteiger partial charge in [0, 0.05) is 16.3 Å². The predicted octanol–water partition coefficient (Wildman–Crippen LogP) is 3.29. The highest BCUT2D eigenvalue weighted by molar-refractivity contribution is 7.98. The fourth-order valence-electron chi connectivity index (χ4n) is 2.75. The van der Waals surface area contributed by atoms with E-state index in [1.54, 1.807) is 36.4 Å². The minimum absolute atomic E-state index is 0.148. The zero-order chi connectivity index (χ0) is 23.8. The minimum atomic E-state index is -3.91. The second-order valence-electron chi connectivity index (χ2n) is 6.79. The fraction of sp³-hybridized carbons (Fsp3) is 0.0870. The van der Waals surface area contributed by atoms with E-state index in [0.717, 1.165) is 5.56 Å². The molecule has 3 aromatic carbocycles. The maximum absolute atomic E-state index is 12.6. The van der Waals surface area contributed by atoms with Gasteiger partial charge >= 0.3 is 5.97 Å². The number of benzene rings is 3. The monoisotopic (exact) mass is 481 g/mol. The van der Waals surface area contributed by atoms with Gasteiger partial charge in [-0.3, -0.25) is 4.79 Å². The van der Waals surface area contributed by atoms with Crippen LogP contribution >= 0.6 is 11.8 Å². The van der Waals surface area contributed by atoms with Crippen LogP contribution < -0.4 is 10.5 Å². The molecule has 0 unspecified atom stereocenters. The molecule has 0 spiro atoms. The molecule has 0 aliphatic rings. The van der Waals surface area contributed by atoms with Crippen LogP contribution in [0.4, 0.5) is 5.69 Å². The number of thioether (sulfide) groups is 1. The topological polar surface area (TPSA) is 139 Å². The highest BCUT2D eigenvalue weighted by Gasteiger charge is 2.15. The molecular weight excluding hydrogens is 462 g/mol. The molecule has 3 N–H and O–H groups in total. The van der Waals surface area contributed by atoms with Gasteiger partial charge in [-0.2, -0.15) is 5.26 Å². The molecular formula is C23H19N3O5S2. The number of nitrogens with zero attached hydrogens (tertiary/aromatic N) is 1. The number of nitriles is 1. The SMILES string of the molecule is N#Cc1ccc(CSc2ccccc2C(=O)OCC(=O)Nc2cccc(S(N)(=O)=O)c2)cc1. The number of amides is 1. The summed E-state index contributed by atoms with van der Waals surface area (Å²) < 4.78 is 28.0. The van der Waals surface area contributed by atoms with Gasteiger partial charge in [0.15, 0.2) is 6.61 Å². The first-order valence-corrected chi connectivity index (χ1v) is 12.1. The Morgan fingerprint density at radius 3 is 2.45 bits per heavy atom. The summed E-state index contributed by atoms with van der Waals surface area (Å²) in [7, 11) is -3.91. The van der Waals surface area contributed by atoms with Gasteiger partial charge in [0.25, 0.3) is 5.91 Å². The maximum atomic E-state index is 12.6. The Balaban J connectivity index is 1.59. The van der Waals surface area contributed by atoms with Crippen molar-refractivity contribution in [3.63, 3.8) is 0 Å². The van der Waals surface area contributed by atoms with Gasteiger partial charge in [0.1, 0.15) is 0 Å². The number of hydrogen-bond acceptors (Lipinski definition) is 7. The Labute approximate surface area is 195 Å². The molecule has 3 aromatic rings. The van der Waals surface area contributed by atoms with Crippen molar-refractivity contribution in [2.45, 2.75) is 15.5 Å². The van der Waals surface area contributed by atoms with Crippen LogP contribution in [-0.4, -0.2) is 26.9 Å². The van der Waals surface area contributed by atoms with Gasteiger partial charge in [0.05, 0.1) is 22.1 Å². The van der Waals surface area contributed by atoms with E-state index in [0.29, 0.717) is 21.8 Å². The second kappa shape index (κ2) is 10.8. The first-order chi connectivity index (χ1) is 15.8. The lowest BCUT2D eigenvalue weighted by molar-refractivity contribution is -0.119. The van der Waals surface area contributed by atoms with E-state index >= 15 is 0 Å². The van der Waals surface area contributed by atoms with E-state index in [-0.39, 0.29) is 10.6 Å². The number of primary sulfonamides is 1. The van der Waals surface area contributed by atoms with Crippen LogP contribution in [0.25, 0.3) is 0 Å². The highest BCUT2D eigenvalue weighted by Crippen LogP contribution is 2.27. The van der Waals surface area contributed by atoms with Crippen LogP contribution in [0.15, 0.2) is 82.6 Å². The molecule has 0 heterocycles. The van der Waals surface area contributed by atoms with Gasteiger partial charge in [-0.1, -0.05) is 30.3 Å². The standard InChI is InChI=1S/C23H19N3O5S2/c24-13-16-8-10-17(11-9-16)15-32-21-7-2-1-6-20(21)23(28)31-14-22(27)26-18-4-3-5-19(12-18)33(25,29)30/h1-12H,14-15H2,(H,26,27)(H2,25,29,30). The molecule has 0 saturated carbocycles. The number of nitrogens with two attached hydrogens (primary N) is 1. The smallest absolute Gasteiger partial charge is 0.339 e. The van der Waals surface area contributed by atoms with Crippen molar-refractivity contribution in [1.29, 1.82) is 5.26 Å². The van der Waals surface area contributed by atoms with Crippen molar-refractivity contribution in [1.82, 2.24) is 0 Å². The quantitative estimate of drug-likeness (QED) is 0.372. The molecule has 0 saturated heterocycles. The summed E-state index contributed by atoms with van der Waals surface area (Å²) in [4.78, 5) is 25.3. The normalized spacial score (nSPS) is 10.8. The third-order valence-corrected chi connectivity index (χ3v) is 6.42. The van der Waals surface area contributed by atoms with Crippen LogP contribution in [0.1, 0.15) is 21.5 Å². The van der Waals surface area contributed by atoms with Crippen molar-refractivity contribution < 1.29 is 22.7 Å². The molecule has 3 rings (SSSR count). The van der Waals surface area contributed by atoms with Crippen molar-refractivity contribution in [2.24, 2.45) is 5.14 Å². The molecule has 1 amide bonds. The van der Waals surface area contributed by atoms with E-state index in [2.05, 4.69) is 11.4 Å². The Hall–Kier alpha value is -3.65. The van der Waals surface area contributed by atoms with Crippen LogP contribution in [0.3, 0.4) is 0 Å². The number of hydrogen-bond donors (Lipinski definition) is 2. The van der Waals surface area contributed by atoms with E-state index < -0.39 is 28.5 Å². The molecule has 0 bridgehead atoms. The third kappa shape index (κ3) is 6.92. The molecule has 10 heteroatoms. The summed E-state index contributed by atoms with van der Waals surface area (Å²) in [5, 5.41) is 16.4. The first-order valence-electron chi connectivity index (χ1n) is 9.57. The van der Waals surface area contributed by atoms with E-state index in [1.807, 2.05) is 12.1 Å². The van der Waals surface area contributed by atoms with Gasteiger partial charge in [-0.15, -0.1) is 11.8 Å². The van der Waals surface area contributed by atoms with Crippen molar-refractivity contribution >= 4 is 39.3 Å². The molecule has 0 fully saturated rings. The predicted molar refractivity (Wildman–Crippen MR) is 124 cm³/mol. The van der Waals surface area contributed by atoms with Gasteiger partial charge in [0.2, 0.25) is 10.0 Å². The lowest BCUT2D eigenvalue weighted by atomic mass is 10.2. The van der Waals surface area contributed by atoms with Gasteiger partial charge in [-0.25, -0.2) is 18.4 Å².